The quantitative estimate of drug-likeness (QED) is 0.535. The molecule has 0 radical (unpaired) electrons. The normalized spacial score (nSPS) is 13.2. The van der Waals surface area contributed by atoms with Crippen LogP contribution in [0.5, 0.6) is 5.75 Å². The summed E-state index contributed by atoms with van der Waals surface area (Å²) in [6, 6.07) is 13.4. The molecule has 0 bridgehead atoms. The molecular formula is C22H26ClN3O3. The van der Waals surface area contributed by atoms with Gasteiger partial charge in [0.15, 0.2) is 0 Å². The van der Waals surface area contributed by atoms with Crippen LogP contribution in [-0.2, 0) is 16.0 Å². The predicted octanol–water partition coefficient (Wildman–Crippen LogP) is 3.64. The van der Waals surface area contributed by atoms with Gasteiger partial charge in [-0.15, -0.1) is 0 Å². The number of carbonyl (C=O) groups is 2. The maximum absolute atomic E-state index is 12.1. The van der Waals surface area contributed by atoms with E-state index in [1.165, 1.54) is 37.3 Å². The molecule has 6 nitrogen and oxygen atoms in total. The van der Waals surface area contributed by atoms with E-state index in [1.54, 1.807) is 12.1 Å². The van der Waals surface area contributed by atoms with E-state index in [0.717, 1.165) is 25.9 Å². The number of hydrogen-bond donors (Lipinski definition) is 2. The number of amides is 2. The topological polar surface area (TPSA) is 70.7 Å². The fourth-order valence-electron chi connectivity index (χ4n) is 3.38. The molecule has 2 aromatic rings. The lowest BCUT2D eigenvalue weighted by molar-refractivity contribution is -0.136. The highest BCUT2D eigenvalue weighted by atomic mass is 35.5. The van der Waals surface area contributed by atoms with Gasteiger partial charge in [0, 0.05) is 30.3 Å². The molecule has 0 aromatic heterocycles. The number of hydrogen-bond acceptors (Lipinski definition) is 4. The summed E-state index contributed by atoms with van der Waals surface area (Å²) in [5, 5.41) is 5.62. The number of nitrogens with zero attached hydrogens (tertiary/aromatic N) is 1. The van der Waals surface area contributed by atoms with E-state index in [9.17, 15) is 9.59 Å². The van der Waals surface area contributed by atoms with Gasteiger partial charge in [0.1, 0.15) is 5.75 Å². The van der Waals surface area contributed by atoms with Crippen LogP contribution in [0.25, 0.3) is 0 Å². The minimum absolute atomic E-state index is 0.359. The molecule has 0 aliphatic carbocycles. The Bertz CT molecular complexity index is 849. The predicted molar refractivity (Wildman–Crippen MR) is 116 cm³/mol. The summed E-state index contributed by atoms with van der Waals surface area (Å²) in [6.07, 6.45) is 4.12. The zero-order valence-electron chi connectivity index (χ0n) is 16.5. The molecule has 2 amide bonds. The maximum atomic E-state index is 12.1. The Morgan fingerprint density at radius 1 is 1.07 bits per heavy atom. The number of carbonyl (C=O) groups excluding carboxylic acids is 2. The zero-order valence-corrected chi connectivity index (χ0v) is 17.3. The first-order valence-corrected chi connectivity index (χ1v) is 10.2. The van der Waals surface area contributed by atoms with Gasteiger partial charge >= 0.3 is 11.8 Å². The van der Waals surface area contributed by atoms with Crippen LogP contribution in [0, 0.1) is 0 Å². The van der Waals surface area contributed by atoms with Gasteiger partial charge in [-0.05, 0) is 61.6 Å². The number of aryl methyl sites for hydroxylation is 1. The number of benzene rings is 2. The Morgan fingerprint density at radius 2 is 1.79 bits per heavy atom. The van der Waals surface area contributed by atoms with Gasteiger partial charge in [-0.1, -0.05) is 23.7 Å². The van der Waals surface area contributed by atoms with Crippen LogP contribution in [0.2, 0.25) is 5.02 Å². The molecule has 0 atom stereocenters. The summed E-state index contributed by atoms with van der Waals surface area (Å²) in [6.45, 7) is 2.69. The second-order valence-corrected chi connectivity index (χ2v) is 7.46. The summed E-state index contributed by atoms with van der Waals surface area (Å²) >= 11 is 5.93. The standard InChI is InChI=1S/C22H26ClN3O3/c1-29-20-11-8-17(23)15-19(20)25-22(28)21(27)24-12-4-5-16-6-9-18(10-7-16)26-13-2-3-14-26/h6-11,15H,2-5,12-14H2,1H3,(H,24,27)(H,25,28). The van der Waals surface area contributed by atoms with Crippen LogP contribution in [0.3, 0.4) is 0 Å². The van der Waals surface area contributed by atoms with Gasteiger partial charge in [0.25, 0.3) is 0 Å². The summed E-state index contributed by atoms with van der Waals surface area (Å²) in [5.74, 6) is -0.995. The van der Waals surface area contributed by atoms with Crippen molar-refractivity contribution in [3.05, 3.63) is 53.1 Å². The molecule has 2 N–H and O–H groups in total. The number of nitrogens with one attached hydrogen (secondary N) is 2. The molecule has 1 fully saturated rings. The minimum atomic E-state index is -0.750. The second kappa shape index (κ2) is 10.2. The van der Waals surface area contributed by atoms with Crippen molar-refractivity contribution in [3.63, 3.8) is 0 Å². The van der Waals surface area contributed by atoms with Crippen LogP contribution in [0.1, 0.15) is 24.8 Å². The fourth-order valence-corrected chi connectivity index (χ4v) is 3.55. The van der Waals surface area contributed by atoms with Crippen molar-refractivity contribution in [2.75, 3.05) is 37.0 Å². The van der Waals surface area contributed by atoms with Crippen molar-refractivity contribution < 1.29 is 14.3 Å². The lowest BCUT2D eigenvalue weighted by atomic mass is 10.1. The summed E-state index contributed by atoms with van der Waals surface area (Å²) < 4.78 is 5.16. The highest BCUT2D eigenvalue weighted by molar-refractivity contribution is 6.40. The van der Waals surface area contributed by atoms with Gasteiger partial charge < -0.3 is 20.3 Å². The van der Waals surface area contributed by atoms with Gasteiger partial charge in [-0.25, -0.2) is 0 Å². The van der Waals surface area contributed by atoms with Crippen molar-refractivity contribution in [1.82, 2.24) is 5.32 Å². The van der Waals surface area contributed by atoms with E-state index in [4.69, 9.17) is 16.3 Å². The number of anilines is 2. The van der Waals surface area contributed by atoms with Crippen LogP contribution in [0.4, 0.5) is 11.4 Å². The lowest BCUT2D eigenvalue weighted by Gasteiger charge is -2.17. The van der Waals surface area contributed by atoms with Crippen molar-refractivity contribution in [3.8, 4) is 5.75 Å². The first kappa shape index (κ1) is 21.0. The summed E-state index contributed by atoms with van der Waals surface area (Å²) in [5.41, 5.74) is 2.85. The number of rotatable bonds is 7. The molecule has 1 aliphatic heterocycles. The maximum Gasteiger partial charge on any atom is 0.313 e. The van der Waals surface area contributed by atoms with Gasteiger partial charge in [0.2, 0.25) is 0 Å². The van der Waals surface area contributed by atoms with E-state index in [1.807, 2.05) is 0 Å². The summed E-state index contributed by atoms with van der Waals surface area (Å²) in [4.78, 5) is 26.5. The lowest BCUT2D eigenvalue weighted by Crippen LogP contribution is -2.36. The van der Waals surface area contributed by atoms with Crippen LogP contribution in [-0.4, -0.2) is 38.6 Å². The molecule has 154 valence electrons. The highest BCUT2D eigenvalue weighted by Crippen LogP contribution is 2.27. The molecule has 1 saturated heterocycles. The molecular weight excluding hydrogens is 390 g/mol. The molecule has 3 rings (SSSR count). The van der Waals surface area contributed by atoms with Crippen LogP contribution >= 0.6 is 11.6 Å². The van der Waals surface area contributed by atoms with Crippen LogP contribution < -0.4 is 20.3 Å². The Balaban J connectivity index is 1.41. The average Bonchev–Trinajstić information content (AvgIpc) is 3.26. The van der Waals surface area contributed by atoms with E-state index in [0.29, 0.717) is 23.0 Å². The van der Waals surface area contributed by atoms with E-state index in [-0.39, 0.29) is 0 Å². The van der Waals surface area contributed by atoms with E-state index in [2.05, 4.69) is 39.8 Å². The third kappa shape index (κ3) is 5.87. The van der Waals surface area contributed by atoms with Crippen molar-refractivity contribution in [2.24, 2.45) is 0 Å². The average molecular weight is 416 g/mol. The minimum Gasteiger partial charge on any atom is -0.495 e. The Kier molecular flexibility index (Phi) is 7.36. The largest absolute Gasteiger partial charge is 0.495 e. The van der Waals surface area contributed by atoms with Gasteiger partial charge in [0.05, 0.1) is 12.8 Å². The zero-order chi connectivity index (χ0) is 20.6. The van der Waals surface area contributed by atoms with Crippen molar-refractivity contribution >= 4 is 34.8 Å². The molecule has 7 heteroatoms. The third-order valence-electron chi connectivity index (χ3n) is 4.95. The molecule has 1 heterocycles. The van der Waals surface area contributed by atoms with Crippen molar-refractivity contribution in [1.29, 1.82) is 0 Å². The molecule has 0 unspecified atom stereocenters. The van der Waals surface area contributed by atoms with E-state index >= 15 is 0 Å². The molecule has 29 heavy (non-hydrogen) atoms. The SMILES string of the molecule is COc1ccc(Cl)cc1NC(=O)C(=O)NCCCc1ccc(N2CCCC2)cc1. The number of ether oxygens (including phenoxy) is 1. The van der Waals surface area contributed by atoms with Crippen molar-refractivity contribution in [2.45, 2.75) is 25.7 Å². The van der Waals surface area contributed by atoms with Gasteiger partial charge in [-0.2, -0.15) is 0 Å². The molecule has 0 saturated carbocycles. The van der Waals surface area contributed by atoms with Gasteiger partial charge in [-0.3, -0.25) is 9.59 Å². The molecule has 0 spiro atoms. The number of methoxy groups -OCH3 is 1. The fraction of sp³-hybridized carbons (Fsp3) is 0.364. The molecule has 1 aliphatic rings. The second-order valence-electron chi connectivity index (χ2n) is 7.02. The monoisotopic (exact) mass is 415 g/mol. The first-order valence-electron chi connectivity index (χ1n) is 9.83. The smallest absolute Gasteiger partial charge is 0.313 e. The number of halogens is 1. The van der Waals surface area contributed by atoms with Crippen LogP contribution in [0.15, 0.2) is 42.5 Å². The molecule has 2 aromatic carbocycles. The first-order chi connectivity index (χ1) is 14.1. The highest BCUT2D eigenvalue weighted by Gasteiger charge is 2.16. The Morgan fingerprint density at radius 3 is 2.48 bits per heavy atom. The Labute approximate surface area is 176 Å². The third-order valence-corrected chi connectivity index (χ3v) is 5.19. The van der Waals surface area contributed by atoms with E-state index < -0.39 is 11.8 Å². The summed E-state index contributed by atoms with van der Waals surface area (Å²) in [7, 11) is 1.48. The Hall–Kier alpha value is -2.73.